The highest BCUT2D eigenvalue weighted by Crippen LogP contribution is 2.20. The molecule has 0 amide bonds. The molecule has 0 aromatic carbocycles. The lowest BCUT2D eigenvalue weighted by Gasteiger charge is -2.07. The summed E-state index contributed by atoms with van der Waals surface area (Å²) in [6, 6.07) is 1.70. The largest absolute Gasteiger partial charge is 0.353 e. The van der Waals surface area contributed by atoms with Gasteiger partial charge in [-0.15, -0.1) is 0 Å². The number of aliphatic imine (C=N–C) groups is 1. The Balaban J connectivity index is 2.23. The van der Waals surface area contributed by atoms with Crippen LogP contribution in [-0.2, 0) is 22.9 Å². The van der Waals surface area contributed by atoms with Crippen LogP contribution in [-0.4, -0.2) is 45.6 Å². The van der Waals surface area contributed by atoms with E-state index in [0.717, 1.165) is 4.57 Å². The Morgan fingerprint density at radius 3 is 2.17 bits per heavy atom. The van der Waals surface area contributed by atoms with E-state index in [1.807, 2.05) is 0 Å². The van der Waals surface area contributed by atoms with E-state index in [1.54, 1.807) is 19.9 Å². The first kappa shape index (κ1) is 16.4. The van der Waals surface area contributed by atoms with Gasteiger partial charge in [0.2, 0.25) is 0 Å². The summed E-state index contributed by atoms with van der Waals surface area (Å²) in [7, 11) is -3.26. The van der Waals surface area contributed by atoms with Gasteiger partial charge in [-0.1, -0.05) is 0 Å². The highest BCUT2D eigenvalue weighted by molar-refractivity contribution is 7.91. The minimum atomic E-state index is -3.26. The standard InChI is InChI=1S/C14H17N5O4S/c1-9-8-11(15-3)10(2)16-12(9)19-13(20)17-4-6-24(22,23)7-5-18(17)14(19)21/h8H,3-7H2,1-2H3. The molecule has 3 heterocycles. The van der Waals surface area contributed by atoms with Crippen molar-refractivity contribution in [3.8, 4) is 5.82 Å². The Labute approximate surface area is 137 Å². The van der Waals surface area contributed by atoms with Crippen molar-refractivity contribution in [2.24, 2.45) is 4.99 Å². The predicted octanol–water partition coefficient (Wildman–Crippen LogP) is -0.427. The van der Waals surface area contributed by atoms with Gasteiger partial charge in [-0.05, 0) is 32.2 Å². The molecule has 0 unspecified atom stereocenters. The summed E-state index contributed by atoms with van der Waals surface area (Å²) >= 11 is 0. The van der Waals surface area contributed by atoms with Crippen LogP contribution < -0.4 is 11.4 Å². The van der Waals surface area contributed by atoms with Crippen molar-refractivity contribution in [2.45, 2.75) is 26.9 Å². The van der Waals surface area contributed by atoms with Crippen molar-refractivity contribution in [3.05, 3.63) is 38.3 Å². The van der Waals surface area contributed by atoms with Gasteiger partial charge in [0, 0.05) is 0 Å². The zero-order chi connectivity index (χ0) is 17.6. The van der Waals surface area contributed by atoms with Gasteiger partial charge in [-0.25, -0.2) is 32.4 Å². The van der Waals surface area contributed by atoms with Crippen molar-refractivity contribution < 1.29 is 8.42 Å². The number of hydrogen-bond donors (Lipinski definition) is 0. The average molecular weight is 351 g/mol. The third-order valence-electron chi connectivity index (χ3n) is 4.08. The smallest absolute Gasteiger partial charge is 0.263 e. The zero-order valence-electron chi connectivity index (χ0n) is 13.4. The molecule has 0 saturated carbocycles. The molecule has 0 spiro atoms. The van der Waals surface area contributed by atoms with E-state index in [0.29, 0.717) is 16.9 Å². The van der Waals surface area contributed by atoms with Crippen molar-refractivity contribution in [3.63, 3.8) is 0 Å². The maximum atomic E-state index is 12.7. The van der Waals surface area contributed by atoms with Gasteiger partial charge in [0.15, 0.2) is 9.84 Å². The molecule has 9 nitrogen and oxygen atoms in total. The maximum Gasteiger partial charge on any atom is 0.353 e. The summed E-state index contributed by atoms with van der Waals surface area (Å²) in [4.78, 5) is 33.5. The van der Waals surface area contributed by atoms with Gasteiger partial charge in [-0.2, -0.15) is 4.57 Å². The first-order chi connectivity index (χ1) is 11.2. The molecule has 24 heavy (non-hydrogen) atoms. The fourth-order valence-electron chi connectivity index (χ4n) is 2.75. The highest BCUT2D eigenvalue weighted by atomic mass is 32.2. The van der Waals surface area contributed by atoms with Crippen molar-refractivity contribution in [1.82, 2.24) is 18.9 Å². The summed E-state index contributed by atoms with van der Waals surface area (Å²) in [6.07, 6.45) is 0. The highest BCUT2D eigenvalue weighted by Gasteiger charge is 2.25. The van der Waals surface area contributed by atoms with E-state index in [2.05, 4.69) is 16.7 Å². The van der Waals surface area contributed by atoms with Crippen LogP contribution in [0.25, 0.3) is 5.82 Å². The summed E-state index contributed by atoms with van der Waals surface area (Å²) in [5, 5.41) is 0. The molecule has 1 aliphatic heterocycles. The second-order valence-electron chi connectivity index (χ2n) is 5.69. The molecule has 2 aromatic heterocycles. The first-order valence-electron chi connectivity index (χ1n) is 7.33. The van der Waals surface area contributed by atoms with Crippen LogP contribution in [0, 0.1) is 13.8 Å². The van der Waals surface area contributed by atoms with Gasteiger partial charge in [-0.3, -0.25) is 4.99 Å². The van der Waals surface area contributed by atoms with Gasteiger partial charge >= 0.3 is 11.4 Å². The molecule has 10 heteroatoms. The lowest BCUT2D eigenvalue weighted by Crippen LogP contribution is -2.30. The minimum absolute atomic E-state index is 0.0479. The van der Waals surface area contributed by atoms with E-state index in [1.165, 1.54) is 9.36 Å². The molecule has 128 valence electrons. The second-order valence-corrected chi connectivity index (χ2v) is 7.99. The van der Waals surface area contributed by atoms with Crippen LogP contribution in [0.4, 0.5) is 5.69 Å². The number of fused-ring (bicyclic) bond motifs is 1. The quantitative estimate of drug-likeness (QED) is 0.682. The fraction of sp³-hybridized carbons (Fsp3) is 0.429. The third-order valence-corrected chi connectivity index (χ3v) is 5.69. The van der Waals surface area contributed by atoms with Gasteiger partial charge < -0.3 is 0 Å². The average Bonchev–Trinajstić information content (AvgIpc) is 2.65. The fourth-order valence-corrected chi connectivity index (χ4v) is 3.86. The van der Waals surface area contributed by atoms with Gasteiger partial charge in [0.05, 0.1) is 36.0 Å². The Kier molecular flexibility index (Phi) is 3.78. The summed E-state index contributed by atoms with van der Waals surface area (Å²) in [5.74, 6) is -0.103. The first-order valence-corrected chi connectivity index (χ1v) is 9.16. The number of rotatable bonds is 2. The molecule has 0 radical (unpaired) electrons. The molecule has 0 saturated heterocycles. The molecule has 0 atom stereocenters. The monoisotopic (exact) mass is 351 g/mol. The molecule has 2 aromatic rings. The number of aromatic nitrogens is 4. The molecule has 3 rings (SSSR count). The van der Waals surface area contributed by atoms with E-state index in [4.69, 9.17) is 0 Å². The molecular formula is C14H17N5O4S. The summed E-state index contributed by atoms with van der Waals surface area (Å²) in [6.45, 7) is 6.80. The van der Waals surface area contributed by atoms with E-state index < -0.39 is 21.2 Å². The Bertz CT molecular complexity index is 1010. The Morgan fingerprint density at radius 2 is 1.67 bits per heavy atom. The van der Waals surface area contributed by atoms with Crippen LogP contribution in [0.1, 0.15) is 11.3 Å². The Morgan fingerprint density at radius 1 is 1.12 bits per heavy atom. The van der Waals surface area contributed by atoms with Crippen LogP contribution in [0.15, 0.2) is 20.6 Å². The van der Waals surface area contributed by atoms with Crippen LogP contribution >= 0.6 is 0 Å². The van der Waals surface area contributed by atoms with E-state index >= 15 is 0 Å². The van der Waals surface area contributed by atoms with Crippen molar-refractivity contribution in [1.29, 1.82) is 0 Å². The maximum absolute atomic E-state index is 12.7. The van der Waals surface area contributed by atoms with Crippen molar-refractivity contribution in [2.75, 3.05) is 11.5 Å². The predicted molar refractivity (Wildman–Crippen MR) is 89.4 cm³/mol. The molecule has 0 aliphatic carbocycles. The lowest BCUT2D eigenvalue weighted by atomic mass is 10.2. The number of hydrogen-bond acceptors (Lipinski definition) is 6. The van der Waals surface area contributed by atoms with Crippen LogP contribution in [0.2, 0.25) is 0 Å². The molecule has 0 fully saturated rings. The zero-order valence-corrected chi connectivity index (χ0v) is 14.2. The third kappa shape index (κ3) is 2.52. The molecule has 0 bridgehead atoms. The second kappa shape index (κ2) is 5.55. The summed E-state index contributed by atoms with van der Waals surface area (Å²) < 4.78 is 26.8. The molecule has 1 aliphatic rings. The van der Waals surface area contributed by atoms with Crippen molar-refractivity contribution >= 4 is 22.2 Å². The number of aryl methyl sites for hydroxylation is 2. The number of nitrogens with zero attached hydrogens (tertiary/aromatic N) is 5. The topological polar surface area (TPSA) is 108 Å². The normalized spacial score (nSPS) is 16.4. The van der Waals surface area contributed by atoms with E-state index in [-0.39, 0.29) is 30.4 Å². The SMILES string of the molecule is C=Nc1cc(C)c(-n2c(=O)n3n(c2=O)CCS(=O)(=O)CC3)nc1C. The Hall–Kier alpha value is -2.49. The number of sulfone groups is 1. The van der Waals surface area contributed by atoms with Crippen LogP contribution in [0.5, 0.6) is 0 Å². The summed E-state index contributed by atoms with van der Waals surface area (Å²) in [5.41, 5.74) is 0.552. The minimum Gasteiger partial charge on any atom is -0.263 e. The number of pyridine rings is 1. The lowest BCUT2D eigenvalue weighted by molar-refractivity contribution is 0.480. The molecule has 0 N–H and O–H groups in total. The van der Waals surface area contributed by atoms with Gasteiger partial charge in [0.1, 0.15) is 5.82 Å². The van der Waals surface area contributed by atoms with Gasteiger partial charge in [0.25, 0.3) is 0 Å². The molecular weight excluding hydrogens is 334 g/mol. The van der Waals surface area contributed by atoms with E-state index in [9.17, 15) is 18.0 Å². The van der Waals surface area contributed by atoms with Crippen LogP contribution in [0.3, 0.4) is 0 Å².